The number of nitrogens with one attached hydrogen (secondary N) is 1. The van der Waals surface area contributed by atoms with Crippen molar-refractivity contribution in [3.63, 3.8) is 0 Å². The largest absolute Gasteiger partial charge is 0.480 e. The molecule has 0 saturated heterocycles. The summed E-state index contributed by atoms with van der Waals surface area (Å²) >= 11 is 6.00. The first-order valence-electron chi connectivity index (χ1n) is 6.95. The van der Waals surface area contributed by atoms with Gasteiger partial charge in [-0.3, -0.25) is 4.79 Å². The molecule has 0 spiro atoms. The van der Waals surface area contributed by atoms with Gasteiger partial charge in [0.05, 0.1) is 10.6 Å². The number of aliphatic carboxylic acids is 1. The van der Waals surface area contributed by atoms with Crippen LogP contribution in [0.15, 0.2) is 18.2 Å². The SMILES string of the molecule is CC1CCC(Nc2cccc(Cl)c2C(N)=O)(C(=O)O)CC1. The normalized spacial score (nSPS) is 25.3. The fourth-order valence-corrected chi connectivity index (χ4v) is 3.05. The smallest absolute Gasteiger partial charge is 0.329 e. The molecule has 0 aromatic heterocycles. The number of benzene rings is 1. The van der Waals surface area contributed by atoms with E-state index in [0.29, 0.717) is 24.4 Å². The first kappa shape index (κ1) is 15.6. The van der Waals surface area contributed by atoms with Crippen molar-refractivity contribution in [2.75, 3.05) is 5.32 Å². The number of carbonyl (C=O) groups excluding carboxylic acids is 1. The van der Waals surface area contributed by atoms with Gasteiger partial charge >= 0.3 is 5.97 Å². The number of primary amides is 1. The Bertz CT molecular complexity index is 566. The van der Waals surface area contributed by atoms with Gasteiger partial charge in [-0.15, -0.1) is 0 Å². The second kappa shape index (κ2) is 5.93. The van der Waals surface area contributed by atoms with Crippen LogP contribution in [0, 0.1) is 5.92 Å². The molecule has 21 heavy (non-hydrogen) atoms. The van der Waals surface area contributed by atoms with E-state index in [0.717, 1.165) is 12.8 Å². The molecule has 4 N–H and O–H groups in total. The number of halogens is 1. The number of amides is 1. The highest BCUT2D eigenvalue weighted by atomic mass is 35.5. The maximum atomic E-state index is 11.7. The van der Waals surface area contributed by atoms with Crippen LogP contribution >= 0.6 is 11.6 Å². The van der Waals surface area contributed by atoms with E-state index in [1.165, 1.54) is 0 Å². The summed E-state index contributed by atoms with van der Waals surface area (Å²) in [6.07, 6.45) is 2.67. The second-order valence-electron chi connectivity index (χ2n) is 5.72. The number of hydrogen-bond donors (Lipinski definition) is 3. The molecule has 1 aliphatic rings. The minimum absolute atomic E-state index is 0.137. The summed E-state index contributed by atoms with van der Waals surface area (Å²) in [6, 6.07) is 4.86. The molecule has 0 radical (unpaired) electrons. The standard InChI is InChI=1S/C15H19ClN2O3/c1-9-5-7-15(8-6-9,14(20)21)18-11-4-2-3-10(16)12(11)13(17)19/h2-4,9,18H,5-8H2,1H3,(H2,17,19)(H,20,21). The molecule has 0 atom stereocenters. The minimum atomic E-state index is -1.07. The van der Waals surface area contributed by atoms with Gasteiger partial charge in [0.25, 0.3) is 5.91 Å². The molecule has 114 valence electrons. The fourth-order valence-electron chi connectivity index (χ4n) is 2.78. The third-order valence-electron chi connectivity index (χ3n) is 4.17. The summed E-state index contributed by atoms with van der Waals surface area (Å²) in [5.41, 5.74) is 4.80. The molecule has 1 aliphatic carbocycles. The Hall–Kier alpha value is -1.75. The van der Waals surface area contributed by atoms with E-state index < -0.39 is 17.4 Å². The van der Waals surface area contributed by atoms with Crippen LogP contribution in [0.2, 0.25) is 5.02 Å². The number of anilines is 1. The highest BCUT2D eigenvalue weighted by Crippen LogP contribution is 2.36. The zero-order valence-electron chi connectivity index (χ0n) is 11.9. The quantitative estimate of drug-likeness (QED) is 0.797. The zero-order valence-corrected chi connectivity index (χ0v) is 12.6. The Kier molecular flexibility index (Phi) is 4.42. The van der Waals surface area contributed by atoms with Crippen molar-refractivity contribution in [1.29, 1.82) is 0 Å². The van der Waals surface area contributed by atoms with Gasteiger partial charge in [0.2, 0.25) is 0 Å². The Morgan fingerprint density at radius 2 is 2.00 bits per heavy atom. The molecule has 1 amide bonds. The molecule has 0 bridgehead atoms. The Morgan fingerprint density at radius 3 is 2.52 bits per heavy atom. The molecule has 1 aromatic carbocycles. The Labute approximate surface area is 128 Å². The van der Waals surface area contributed by atoms with Gasteiger partial charge < -0.3 is 16.2 Å². The number of rotatable bonds is 4. The van der Waals surface area contributed by atoms with Crippen LogP contribution in [0.25, 0.3) is 0 Å². The molecule has 0 heterocycles. The third kappa shape index (κ3) is 3.13. The van der Waals surface area contributed by atoms with Gasteiger partial charge in [0.1, 0.15) is 5.54 Å². The predicted molar refractivity (Wildman–Crippen MR) is 81.6 cm³/mol. The fraction of sp³-hybridized carbons (Fsp3) is 0.467. The topological polar surface area (TPSA) is 92.4 Å². The predicted octanol–water partition coefficient (Wildman–Crippen LogP) is 2.88. The maximum Gasteiger partial charge on any atom is 0.329 e. The van der Waals surface area contributed by atoms with Crippen molar-refractivity contribution in [1.82, 2.24) is 0 Å². The van der Waals surface area contributed by atoms with Gasteiger partial charge in [-0.25, -0.2) is 4.79 Å². The Balaban J connectivity index is 2.37. The summed E-state index contributed by atoms with van der Waals surface area (Å²) in [6.45, 7) is 2.11. The zero-order chi connectivity index (χ0) is 15.6. The summed E-state index contributed by atoms with van der Waals surface area (Å²) in [7, 11) is 0. The van der Waals surface area contributed by atoms with E-state index in [1.807, 2.05) is 0 Å². The van der Waals surface area contributed by atoms with E-state index in [-0.39, 0.29) is 10.6 Å². The highest BCUT2D eigenvalue weighted by Gasteiger charge is 2.41. The van der Waals surface area contributed by atoms with E-state index in [2.05, 4.69) is 12.2 Å². The van der Waals surface area contributed by atoms with Crippen LogP contribution in [-0.2, 0) is 4.79 Å². The first-order chi connectivity index (χ1) is 9.85. The molecule has 0 aliphatic heterocycles. The number of hydrogen-bond acceptors (Lipinski definition) is 3. The molecule has 5 nitrogen and oxygen atoms in total. The third-order valence-corrected chi connectivity index (χ3v) is 4.49. The monoisotopic (exact) mass is 310 g/mol. The van der Waals surface area contributed by atoms with Crippen LogP contribution in [0.5, 0.6) is 0 Å². The number of carbonyl (C=O) groups is 2. The van der Waals surface area contributed by atoms with Crippen molar-refractivity contribution in [2.45, 2.75) is 38.1 Å². The Morgan fingerprint density at radius 1 is 1.38 bits per heavy atom. The van der Waals surface area contributed by atoms with Gasteiger partial charge in [-0.2, -0.15) is 0 Å². The highest BCUT2D eigenvalue weighted by molar-refractivity contribution is 6.34. The molecule has 1 saturated carbocycles. The van der Waals surface area contributed by atoms with Crippen LogP contribution < -0.4 is 11.1 Å². The number of nitrogens with two attached hydrogens (primary N) is 1. The van der Waals surface area contributed by atoms with E-state index >= 15 is 0 Å². The summed E-state index contributed by atoms with van der Waals surface area (Å²) in [5.74, 6) is -1.08. The molecule has 1 fully saturated rings. The van der Waals surface area contributed by atoms with Crippen LogP contribution in [0.1, 0.15) is 43.0 Å². The summed E-state index contributed by atoms with van der Waals surface area (Å²) < 4.78 is 0. The van der Waals surface area contributed by atoms with Crippen molar-refractivity contribution < 1.29 is 14.7 Å². The molecular weight excluding hydrogens is 292 g/mol. The molecule has 2 rings (SSSR count). The molecular formula is C15H19ClN2O3. The van der Waals surface area contributed by atoms with Crippen LogP contribution in [-0.4, -0.2) is 22.5 Å². The van der Waals surface area contributed by atoms with E-state index in [9.17, 15) is 14.7 Å². The van der Waals surface area contributed by atoms with Crippen LogP contribution in [0.3, 0.4) is 0 Å². The lowest BCUT2D eigenvalue weighted by atomic mass is 9.77. The van der Waals surface area contributed by atoms with Gasteiger partial charge in [0, 0.05) is 5.69 Å². The van der Waals surface area contributed by atoms with Crippen LogP contribution in [0.4, 0.5) is 5.69 Å². The minimum Gasteiger partial charge on any atom is -0.480 e. The van der Waals surface area contributed by atoms with Crippen molar-refractivity contribution >= 4 is 29.2 Å². The van der Waals surface area contributed by atoms with Gasteiger partial charge in [0.15, 0.2) is 0 Å². The first-order valence-corrected chi connectivity index (χ1v) is 7.33. The second-order valence-corrected chi connectivity index (χ2v) is 6.13. The van der Waals surface area contributed by atoms with Gasteiger partial charge in [-0.1, -0.05) is 24.6 Å². The van der Waals surface area contributed by atoms with Crippen molar-refractivity contribution in [3.05, 3.63) is 28.8 Å². The molecule has 1 aromatic rings. The number of carboxylic acid groups (broad SMARTS) is 1. The van der Waals surface area contributed by atoms with Gasteiger partial charge in [-0.05, 0) is 43.7 Å². The lowest BCUT2D eigenvalue weighted by Gasteiger charge is -2.37. The van der Waals surface area contributed by atoms with Crippen molar-refractivity contribution in [2.24, 2.45) is 11.7 Å². The average molecular weight is 311 g/mol. The molecule has 0 unspecified atom stereocenters. The lowest BCUT2D eigenvalue weighted by molar-refractivity contribution is -0.143. The van der Waals surface area contributed by atoms with E-state index in [4.69, 9.17) is 17.3 Å². The average Bonchev–Trinajstić information content (AvgIpc) is 2.41. The maximum absolute atomic E-state index is 11.7. The number of carboxylic acids is 1. The van der Waals surface area contributed by atoms with E-state index in [1.54, 1.807) is 18.2 Å². The lowest BCUT2D eigenvalue weighted by Crippen LogP contribution is -2.49. The van der Waals surface area contributed by atoms with Crippen molar-refractivity contribution in [3.8, 4) is 0 Å². The summed E-state index contributed by atoms with van der Waals surface area (Å²) in [5, 5.41) is 12.9. The molecule has 6 heteroatoms. The summed E-state index contributed by atoms with van der Waals surface area (Å²) in [4.78, 5) is 23.3.